The van der Waals surface area contributed by atoms with Crippen molar-refractivity contribution >= 4 is 33.5 Å². The lowest BCUT2D eigenvalue weighted by Crippen LogP contribution is -2.42. The van der Waals surface area contributed by atoms with Crippen molar-refractivity contribution in [2.24, 2.45) is 5.92 Å². The van der Waals surface area contributed by atoms with Crippen molar-refractivity contribution < 1.29 is 22.7 Å². The Hall–Kier alpha value is -1.64. The molecule has 0 bridgehead atoms. The van der Waals surface area contributed by atoms with Crippen molar-refractivity contribution in [3.05, 3.63) is 28.8 Å². The third kappa shape index (κ3) is 5.18. The van der Waals surface area contributed by atoms with Crippen LogP contribution in [-0.4, -0.2) is 40.0 Å². The number of benzene rings is 1. The first-order valence-corrected chi connectivity index (χ1v) is 10.3. The summed E-state index contributed by atoms with van der Waals surface area (Å²) in [5.74, 6) is -0.760. The molecule has 1 amide bonds. The molecular weight excluding hydrogens is 380 g/mol. The molecule has 0 spiro atoms. The van der Waals surface area contributed by atoms with Gasteiger partial charge in [-0.15, -0.1) is 0 Å². The zero-order valence-corrected chi connectivity index (χ0v) is 16.3. The van der Waals surface area contributed by atoms with Crippen molar-refractivity contribution in [3.63, 3.8) is 0 Å². The predicted octanol–water partition coefficient (Wildman–Crippen LogP) is 2.10. The number of nitrogens with one attached hydrogen (secondary N) is 2. The van der Waals surface area contributed by atoms with Crippen molar-refractivity contribution in [3.8, 4) is 0 Å². The molecule has 2 atom stereocenters. The zero-order valence-electron chi connectivity index (χ0n) is 14.7. The number of halogens is 1. The van der Waals surface area contributed by atoms with Gasteiger partial charge in [0.05, 0.1) is 10.6 Å². The maximum Gasteiger partial charge on any atom is 0.338 e. The molecule has 9 heteroatoms. The van der Waals surface area contributed by atoms with Crippen LogP contribution < -0.4 is 10.0 Å². The van der Waals surface area contributed by atoms with Crippen LogP contribution in [0.4, 0.5) is 0 Å². The van der Waals surface area contributed by atoms with Gasteiger partial charge in [-0.05, 0) is 44.0 Å². The Morgan fingerprint density at radius 3 is 2.62 bits per heavy atom. The molecule has 1 aliphatic carbocycles. The predicted molar refractivity (Wildman–Crippen MR) is 97.5 cm³/mol. The van der Waals surface area contributed by atoms with E-state index in [2.05, 4.69) is 17.0 Å². The topological polar surface area (TPSA) is 102 Å². The van der Waals surface area contributed by atoms with E-state index in [4.69, 9.17) is 16.3 Å². The number of sulfonamides is 1. The first kappa shape index (κ1) is 20.7. The Kier molecular flexibility index (Phi) is 7.02. The van der Waals surface area contributed by atoms with Crippen LogP contribution in [-0.2, 0) is 19.6 Å². The largest absolute Gasteiger partial charge is 0.452 e. The van der Waals surface area contributed by atoms with Crippen molar-refractivity contribution in [2.75, 3.05) is 13.7 Å². The van der Waals surface area contributed by atoms with Crippen LogP contribution in [0.3, 0.4) is 0 Å². The highest BCUT2D eigenvalue weighted by Crippen LogP contribution is 2.24. The van der Waals surface area contributed by atoms with Gasteiger partial charge in [0.1, 0.15) is 4.90 Å². The third-order valence-electron chi connectivity index (χ3n) is 4.52. The molecule has 1 aromatic rings. The van der Waals surface area contributed by atoms with E-state index in [0.29, 0.717) is 5.92 Å². The summed E-state index contributed by atoms with van der Waals surface area (Å²) in [6.07, 6.45) is 4.22. The Balaban J connectivity index is 1.97. The van der Waals surface area contributed by atoms with Gasteiger partial charge in [-0.3, -0.25) is 4.79 Å². The van der Waals surface area contributed by atoms with Crippen LogP contribution in [0.5, 0.6) is 0 Å². The van der Waals surface area contributed by atoms with Crippen molar-refractivity contribution in [1.29, 1.82) is 0 Å². The van der Waals surface area contributed by atoms with Gasteiger partial charge in [0, 0.05) is 6.04 Å². The minimum atomic E-state index is -3.81. The quantitative estimate of drug-likeness (QED) is 0.709. The molecule has 144 valence electrons. The minimum absolute atomic E-state index is 0.00191. The average Bonchev–Trinajstić information content (AvgIpc) is 2.62. The van der Waals surface area contributed by atoms with Crippen molar-refractivity contribution in [1.82, 2.24) is 10.0 Å². The number of esters is 1. The fourth-order valence-corrected chi connectivity index (χ4v) is 4.19. The SMILES string of the molecule is CNS(=O)(=O)c1cc(C(=O)OCC(=O)N[C@@H]2CCCC[C@@H]2C)ccc1Cl. The molecule has 2 rings (SSSR count). The smallest absolute Gasteiger partial charge is 0.338 e. The molecule has 7 nitrogen and oxygen atoms in total. The molecule has 0 aromatic heterocycles. The molecule has 1 aliphatic rings. The molecule has 0 saturated heterocycles. The van der Waals surface area contributed by atoms with Gasteiger partial charge in [-0.25, -0.2) is 17.9 Å². The maximum atomic E-state index is 12.1. The number of ether oxygens (including phenoxy) is 1. The molecule has 1 saturated carbocycles. The Labute approximate surface area is 158 Å². The Bertz CT molecular complexity index is 781. The standard InChI is InChI=1S/C17H23ClN2O5S/c1-11-5-3-4-6-14(11)20-16(21)10-25-17(22)12-7-8-13(18)15(9-12)26(23,24)19-2/h7-9,11,14,19H,3-6,10H2,1-2H3,(H,20,21)/t11-,14+/m0/s1. The summed E-state index contributed by atoms with van der Waals surface area (Å²) >= 11 is 5.88. The van der Waals surface area contributed by atoms with E-state index in [-0.39, 0.29) is 27.4 Å². The van der Waals surface area contributed by atoms with Crippen LogP contribution in [0.2, 0.25) is 5.02 Å². The number of amides is 1. The summed E-state index contributed by atoms with van der Waals surface area (Å²) in [6.45, 7) is 1.67. The maximum absolute atomic E-state index is 12.1. The van der Waals surface area contributed by atoms with E-state index in [9.17, 15) is 18.0 Å². The lowest BCUT2D eigenvalue weighted by atomic mass is 9.86. The first-order chi connectivity index (χ1) is 12.2. The second-order valence-corrected chi connectivity index (χ2v) is 8.63. The molecule has 2 N–H and O–H groups in total. The van der Waals surface area contributed by atoms with E-state index in [1.165, 1.54) is 19.2 Å². The van der Waals surface area contributed by atoms with E-state index in [1.807, 2.05) is 0 Å². The monoisotopic (exact) mass is 402 g/mol. The fraction of sp³-hybridized carbons (Fsp3) is 0.529. The van der Waals surface area contributed by atoms with E-state index in [1.54, 1.807) is 0 Å². The van der Waals surface area contributed by atoms with Crippen LogP contribution in [0.15, 0.2) is 23.1 Å². The van der Waals surface area contributed by atoms with Crippen LogP contribution in [0, 0.1) is 5.92 Å². The molecule has 1 fully saturated rings. The second-order valence-electron chi connectivity index (χ2n) is 6.36. The van der Waals surface area contributed by atoms with Gasteiger partial charge >= 0.3 is 5.97 Å². The Morgan fingerprint density at radius 1 is 1.27 bits per heavy atom. The molecule has 0 unspecified atom stereocenters. The number of carbonyl (C=O) groups is 2. The molecule has 26 heavy (non-hydrogen) atoms. The highest BCUT2D eigenvalue weighted by Gasteiger charge is 2.24. The van der Waals surface area contributed by atoms with Gasteiger partial charge < -0.3 is 10.1 Å². The second kappa shape index (κ2) is 8.83. The van der Waals surface area contributed by atoms with Gasteiger partial charge in [-0.1, -0.05) is 31.4 Å². The van der Waals surface area contributed by atoms with Gasteiger partial charge in [-0.2, -0.15) is 0 Å². The van der Waals surface area contributed by atoms with Gasteiger partial charge in [0.15, 0.2) is 6.61 Å². The zero-order chi connectivity index (χ0) is 19.3. The highest BCUT2D eigenvalue weighted by atomic mass is 35.5. The lowest BCUT2D eigenvalue weighted by molar-refractivity contribution is -0.125. The van der Waals surface area contributed by atoms with E-state index in [0.717, 1.165) is 31.7 Å². The number of carbonyl (C=O) groups excluding carboxylic acids is 2. The number of rotatable bonds is 6. The van der Waals surface area contributed by atoms with E-state index >= 15 is 0 Å². The van der Waals surface area contributed by atoms with Crippen LogP contribution in [0.25, 0.3) is 0 Å². The lowest BCUT2D eigenvalue weighted by Gasteiger charge is -2.29. The molecule has 1 aromatic carbocycles. The van der Waals surface area contributed by atoms with E-state index < -0.39 is 22.6 Å². The number of hydrogen-bond acceptors (Lipinski definition) is 5. The molecular formula is C17H23ClN2O5S. The first-order valence-electron chi connectivity index (χ1n) is 8.44. The summed E-state index contributed by atoms with van der Waals surface area (Å²) in [5.41, 5.74) is 0.00191. The summed E-state index contributed by atoms with van der Waals surface area (Å²) in [5, 5.41) is 2.87. The molecule has 0 radical (unpaired) electrons. The minimum Gasteiger partial charge on any atom is -0.452 e. The summed E-state index contributed by atoms with van der Waals surface area (Å²) < 4.78 is 30.9. The van der Waals surface area contributed by atoms with Gasteiger partial charge in [0.25, 0.3) is 5.91 Å². The summed E-state index contributed by atoms with van der Waals surface area (Å²) in [6, 6.07) is 3.86. The fourth-order valence-electron chi connectivity index (χ4n) is 2.94. The summed E-state index contributed by atoms with van der Waals surface area (Å²) in [4.78, 5) is 23.9. The third-order valence-corrected chi connectivity index (χ3v) is 6.41. The Morgan fingerprint density at radius 2 is 1.96 bits per heavy atom. The normalized spacial score (nSPS) is 20.4. The molecule has 0 heterocycles. The molecule has 0 aliphatic heterocycles. The number of hydrogen-bond donors (Lipinski definition) is 2. The van der Waals surface area contributed by atoms with Crippen LogP contribution >= 0.6 is 11.6 Å². The average molecular weight is 403 g/mol. The highest BCUT2D eigenvalue weighted by molar-refractivity contribution is 7.89. The van der Waals surface area contributed by atoms with Crippen LogP contribution in [0.1, 0.15) is 43.0 Å². The summed E-state index contributed by atoms with van der Waals surface area (Å²) in [7, 11) is -2.57. The van der Waals surface area contributed by atoms with Crippen molar-refractivity contribution in [2.45, 2.75) is 43.5 Å². The van der Waals surface area contributed by atoms with Gasteiger partial charge in [0.2, 0.25) is 10.0 Å².